The largest absolute Gasteiger partial charge is 0.494 e. The van der Waals surface area contributed by atoms with Gasteiger partial charge in [-0.05, 0) is 43.3 Å². The molecule has 7 nitrogen and oxygen atoms in total. The third-order valence-electron chi connectivity index (χ3n) is 3.79. The fourth-order valence-electron chi connectivity index (χ4n) is 2.33. The van der Waals surface area contributed by atoms with Crippen molar-refractivity contribution in [2.45, 2.75) is 17.9 Å². The highest BCUT2D eigenvalue weighted by Crippen LogP contribution is 2.11. The zero-order valence-electron chi connectivity index (χ0n) is 16.0. The molecular weight excluding hydrogens is 491 g/mol. The Morgan fingerprint density at radius 2 is 1.82 bits per heavy atom. The number of ether oxygens (including phenoxy) is 1. The van der Waals surface area contributed by atoms with Crippen molar-refractivity contribution in [3.05, 3.63) is 60.2 Å². The van der Waals surface area contributed by atoms with Crippen molar-refractivity contribution >= 4 is 40.0 Å². The number of nitrogens with one attached hydrogen (secondary N) is 3. The van der Waals surface area contributed by atoms with E-state index in [2.05, 4.69) is 20.3 Å². The topological polar surface area (TPSA) is 91.8 Å². The van der Waals surface area contributed by atoms with Crippen molar-refractivity contribution in [2.24, 2.45) is 4.99 Å². The molecule has 0 unspecified atom stereocenters. The molecule has 0 aliphatic heterocycles. The minimum Gasteiger partial charge on any atom is -0.494 e. The lowest BCUT2D eigenvalue weighted by Gasteiger charge is -2.13. The second-order valence-corrected chi connectivity index (χ2v) is 7.61. The summed E-state index contributed by atoms with van der Waals surface area (Å²) in [6, 6.07) is 16.5. The Labute approximate surface area is 184 Å². The van der Waals surface area contributed by atoms with Gasteiger partial charge in [0.15, 0.2) is 5.96 Å². The summed E-state index contributed by atoms with van der Waals surface area (Å²) in [5.74, 6) is 1.51. The summed E-state index contributed by atoms with van der Waals surface area (Å²) < 4.78 is 31.7. The van der Waals surface area contributed by atoms with E-state index in [0.717, 1.165) is 17.7 Å². The number of halogens is 1. The molecule has 0 aliphatic rings. The second-order valence-electron chi connectivity index (χ2n) is 5.72. The lowest BCUT2D eigenvalue weighted by molar-refractivity contribution is 0.311. The van der Waals surface area contributed by atoms with Crippen LogP contribution < -0.4 is 20.1 Å². The molecule has 2 aromatic carbocycles. The number of benzene rings is 2. The first-order valence-electron chi connectivity index (χ1n) is 8.70. The zero-order chi connectivity index (χ0) is 19.5. The van der Waals surface area contributed by atoms with Crippen molar-refractivity contribution in [3.63, 3.8) is 0 Å². The average molecular weight is 518 g/mol. The predicted molar refractivity (Wildman–Crippen MR) is 123 cm³/mol. The smallest absolute Gasteiger partial charge is 0.240 e. The normalized spacial score (nSPS) is 11.4. The summed E-state index contributed by atoms with van der Waals surface area (Å²) in [5, 5.41) is 6.38. The van der Waals surface area contributed by atoms with Gasteiger partial charge in [0.2, 0.25) is 10.0 Å². The molecule has 0 saturated heterocycles. The first-order valence-corrected chi connectivity index (χ1v) is 10.2. The van der Waals surface area contributed by atoms with E-state index in [1.165, 1.54) is 7.05 Å². The van der Waals surface area contributed by atoms with Crippen molar-refractivity contribution < 1.29 is 13.2 Å². The van der Waals surface area contributed by atoms with Crippen LogP contribution in [0, 0.1) is 0 Å². The quantitative estimate of drug-likeness (QED) is 0.205. The van der Waals surface area contributed by atoms with Crippen LogP contribution in [-0.2, 0) is 16.6 Å². The number of hydrogen-bond acceptors (Lipinski definition) is 4. The lowest BCUT2D eigenvalue weighted by Crippen LogP contribution is -2.37. The van der Waals surface area contributed by atoms with Gasteiger partial charge in [-0.15, -0.1) is 24.0 Å². The van der Waals surface area contributed by atoms with E-state index in [0.29, 0.717) is 25.7 Å². The van der Waals surface area contributed by atoms with Gasteiger partial charge in [0.1, 0.15) is 5.75 Å². The molecule has 3 N–H and O–H groups in total. The number of rotatable bonds is 9. The van der Waals surface area contributed by atoms with Crippen LogP contribution in [0.5, 0.6) is 5.75 Å². The molecule has 0 bridgehead atoms. The number of guanidine groups is 1. The van der Waals surface area contributed by atoms with Crippen LogP contribution in [0.25, 0.3) is 0 Å². The number of para-hydroxylation sites is 1. The molecule has 0 spiro atoms. The molecular formula is C19H27IN4O3S. The van der Waals surface area contributed by atoms with Crippen LogP contribution in [0.1, 0.15) is 12.0 Å². The molecule has 0 fully saturated rings. The lowest BCUT2D eigenvalue weighted by atomic mass is 10.2. The Hall–Kier alpha value is -1.85. The number of sulfonamides is 1. The van der Waals surface area contributed by atoms with Gasteiger partial charge in [-0.25, -0.2) is 13.1 Å². The number of aliphatic imine (C=N–C) groups is 1. The fraction of sp³-hybridized carbons (Fsp3) is 0.316. The van der Waals surface area contributed by atoms with Crippen molar-refractivity contribution in [3.8, 4) is 5.75 Å². The predicted octanol–water partition coefficient (Wildman–Crippen LogP) is 2.35. The maximum absolute atomic E-state index is 11.9. The van der Waals surface area contributed by atoms with E-state index in [1.54, 1.807) is 25.2 Å². The maximum atomic E-state index is 11.9. The van der Waals surface area contributed by atoms with E-state index in [4.69, 9.17) is 4.74 Å². The van der Waals surface area contributed by atoms with Crippen LogP contribution in [0.2, 0.25) is 0 Å². The third-order valence-corrected chi connectivity index (χ3v) is 5.20. The van der Waals surface area contributed by atoms with Gasteiger partial charge in [0.05, 0.1) is 11.5 Å². The average Bonchev–Trinajstić information content (AvgIpc) is 2.71. The Kier molecular flexibility index (Phi) is 10.9. The summed E-state index contributed by atoms with van der Waals surface area (Å²) in [6.07, 6.45) is 0.825. The van der Waals surface area contributed by atoms with Crippen LogP contribution >= 0.6 is 24.0 Å². The molecule has 2 aromatic rings. The summed E-state index contributed by atoms with van der Waals surface area (Å²) in [5.41, 5.74) is 0.849. The standard InChI is InChI=1S/C19H26N4O3S.HI/c1-20-19(22-12-7-13-26-17-9-4-3-5-10-17)23-15-16-8-6-11-18(14-16)27(24,25)21-2;/h3-6,8-11,14,21H,7,12-13,15H2,1-2H3,(H2,20,22,23);1H. The van der Waals surface area contributed by atoms with Gasteiger partial charge in [-0.3, -0.25) is 4.99 Å². The molecule has 0 atom stereocenters. The molecule has 2 rings (SSSR count). The number of hydrogen-bond donors (Lipinski definition) is 3. The Bertz CT molecular complexity index is 845. The minimum atomic E-state index is -3.45. The van der Waals surface area contributed by atoms with Gasteiger partial charge in [0.25, 0.3) is 0 Å². The third kappa shape index (κ3) is 8.03. The molecule has 0 saturated carbocycles. The van der Waals surface area contributed by atoms with Crippen molar-refractivity contribution in [1.82, 2.24) is 15.4 Å². The van der Waals surface area contributed by atoms with Crippen LogP contribution in [0.3, 0.4) is 0 Å². The van der Waals surface area contributed by atoms with Gasteiger partial charge in [0, 0.05) is 20.1 Å². The first-order chi connectivity index (χ1) is 13.0. The summed E-state index contributed by atoms with van der Waals surface area (Å²) in [7, 11) is -0.357. The summed E-state index contributed by atoms with van der Waals surface area (Å²) >= 11 is 0. The molecule has 9 heteroatoms. The van der Waals surface area contributed by atoms with Crippen LogP contribution in [0.15, 0.2) is 64.5 Å². The molecule has 0 aliphatic carbocycles. The minimum absolute atomic E-state index is 0. The molecule has 154 valence electrons. The second kappa shape index (κ2) is 12.6. The van der Waals surface area contributed by atoms with Gasteiger partial charge < -0.3 is 15.4 Å². The highest BCUT2D eigenvalue weighted by atomic mass is 127. The highest BCUT2D eigenvalue weighted by molar-refractivity contribution is 14.0. The fourth-order valence-corrected chi connectivity index (χ4v) is 3.13. The van der Waals surface area contributed by atoms with Gasteiger partial charge >= 0.3 is 0 Å². The SMILES string of the molecule is CN=C(NCCCOc1ccccc1)NCc1cccc(S(=O)(=O)NC)c1.I. The van der Waals surface area contributed by atoms with E-state index in [1.807, 2.05) is 36.4 Å². The van der Waals surface area contributed by atoms with E-state index in [9.17, 15) is 8.42 Å². The van der Waals surface area contributed by atoms with Gasteiger partial charge in [-0.1, -0.05) is 30.3 Å². The van der Waals surface area contributed by atoms with E-state index >= 15 is 0 Å². The van der Waals surface area contributed by atoms with Gasteiger partial charge in [-0.2, -0.15) is 0 Å². The monoisotopic (exact) mass is 518 g/mol. The van der Waals surface area contributed by atoms with Crippen molar-refractivity contribution in [2.75, 3.05) is 27.2 Å². The Morgan fingerprint density at radius 3 is 2.50 bits per heavy atom. The molecule has 0 aromatic heterocycles. The van der Waals surface area contributed by atoms with Crippen LogP contribution in [-0.4, -0.2) is 41.6 Å². The Morgan fingerprint density at radius 1 is 1.07 bits per heavy atom. The summed E-state index contributed by atoms with van der Waals surface area (Å²) in [6.45, 7) is 1.78. The number of nitrogens with zero attached hydrogens (tertiary/aromatic N) is 1. The van der Waals surface area contributed by atoms with Crippen molar-refractivity contribution in [1.29, 1.82) is 0 Å². The first kappa shape index (κ1) is 24.2. The molecule has 0 radical (unpaired) electrons. The Balaban J connectivity index is 0.00000392. The van der Waals surface area contributed by atoms with E-state index < -0.39 is 10.0 Å². The highest BCUT2D eigenvalue weighted by Gasteiger charge is 2.11. The molecule has 28 heavy (non-hydrogen) atoms. The maximum Gasteiger partial charge on any atom is 0.240 e. The molecule has 0 amide bonds. The zero-order valence-corrected chi connectivity index (χ0v) is 19.2. The van der Waals surface area contributed by atoms with E-state index in [-0.39, 0.29) is 28.9 Å². The molecule has 0 heterocycles. The summed E-state index contributed by atoms with van der Waals surface area (Å²) in [4.78, 5) is 4.41. The van der Waals surface area contributed by atoms with Crippen LogP contribution in [0.4, 0.5) is 0 Å².